The summed E-state index contributed by atoms with van der Waals surface area (Å²) in [6.07, 6.45) is -4.75. The van der Waals surface area contributed by atoms with E-state index >= 15 is 0 Å². The first-order chi connectivity index (χ1) is 12.0. The molecule has 1 saturated heterocycles. The van der Waals surface area contributed by atoms with Crippen LogP contribution in [-0.4, -0.2) is 49.8 Å². The molecule has 5 N–H and O–H groups in total. The molecule has 9 heteroatoms. The Bertz CT molecular complexity index is 880. The van der Waals surface area contributed by atoms with Crippen LogP contribution in [0.15, 0.2) is 30.3 Å². The number of aliphatic hydroxyl groups excluding tert-OH is 3. The van der Waals surface area contributed by atoms with E-state index < -0.39 is 31.1 Å². The van der Waals surface area contributed by atoms with Gasteiger partial charge in [0.1, 0.15) is 35.8 Å². The number of ether oxygens (including phenoxy) is 1. The first-order valence-corrected chi connectivity index (χ1v) is 7.90. The lowest BCUT2D eigenvalue weighted by molar-refractivity contribution is -0.0532. The highest BCUT2D eigenvalue weighted by atomic mass is 32.1. The number of aliphatic hydroxyl groups is 3. The molecule has 0 spiro atoms. The number of nitrogens with two attached hydrogens (primary N) is 1. The number of anilines is 1. The quantitative estimate of drug-likeness (QED) is 0.575. The average Bonchev–Trinajstić information content (AvgIpc) is 2.90. The summed E-state index contributed by atoms with van der Waals surface area (Å²) in [6.45, 7) is -0.476. The van der Waals surface area contributed by atoms with Gasteiger partial charge in [0, 0.05) is 0 Å². The molecule has 2 heterocycles. The van der Waals surface area contributed by atoms with Crippen molar-refractivity contribution < 1.29 is 20.1 Å². The second kappa shape index (κ2) is 6.87. The Balaban J connectivity index is 2.27. The molecular weight excluding hydrogens is 344 g/mol. The molecular formula is C16H16N4O4S. The number of benzene rings is 1. The van der Waals surface area contributed by atoms with Crippen LogP contribution in [0.2, 0.25) is 0 Å². The number of hydrogen-bond donors (Lipinski definition) is 4. The number of rotatable bonds is 3. The van der Waals surface area contributed by atoms with Crippen LogP contribution in [0.4, 0.5) is 5.82 Å². The maximum Gasteiger partial charge on any atom is 0.204 e. The Labute approximate surface area is 148 Å². The minimum atomic E-state index is -1.36. The lowest BCUT2D eigenvalue weighted by Crippen LogP contribution is -2.33. The van der Waals surface area contributed by atoms with E-state index in [1.165, 1.54) is 4.57 Å². The van der Waals surface area contributed by atoms with E-state index in [4.69, 9.17) is 22.7 Å². The van der Waals surface area contributed by atoms with Crippen LogP contribution in [0, 0.1) is 16.1 Å². The van der Waals surface area contributed by atoms with Gasteiger partial charge in [-0.2, -0.15) is 5.26 Å². The molecule has 0 unspecified atom stereocenters. The number of hydrogen-bond acceptors (Lipinski definition) is 8. The molecule has 0 bridgehead atoms. The Morgan fingerprint density at radius 3 is 2.52 bits per heavy atom. The fourth-order valence-electron chi connectivity index (χ4n) is 2.87. The second-order valence-corrected chi connectivity index (χ2v) is 5.95. The Hall–Kier alpha value is -2.35. The van der Waals surface area contributed by atoms with E-state index in [0.717, 1.165) is 0 Å². The van der Waals surface area contributed by atoms with Crippen LogP contribution in [0.3, 0.4) is 0 Å². The molecule has 0 radical (unpaired) electrons. The van der Waals surface area contributed by atoms with Crippen LogP contribution in [0.1, 0.15) is 11.8 Å². The maximum absolute atomic E-state index is 10.3. The van der Waals surface area contributed by atoms with Gasteiger partial charge >= 0.3 is 0 Å². The van der Waals surface area contributed by atoms with Gasteiger partial charge in [0.25, 0.3) is 0 Å². The number of aromatic nitrogens is 2. The average molecular weight is 360 g/mol. The molecule has 8 nitrogen and oxygen atoms in total. The molecule has 3 rings (SSSR count). The summed E-state index contributed by atoms with van der Waals surface area (Å²) in [5.41, 5.74) is 6.88. The van der Waals surface area contributed by atoms with Crippen molar-refractivity contribution in [1.29, 1.82) is 5.26 Å². The minimum Gasteiger partial charge on any atom is -0.394 e. The van der Waals surface area contributed by atoms with Crippen LogP contribution < -0.4 is 5.73 Å². The van der Waals surface area contributed by atoms with Gasteiger partial charge < -0.3 is 25.8 Å². The Kier molecular flexibility index (Phi) is 4.80. The van der Waals surface area contributed by atoms with Gasteiger partial charge in [0.2, 0.25) is 4.77 Å². The van der Waals surface area contributed by atoms with Gasteiger partial charge in [-0.15, -0.1) is 0 Å². The molecule has 1 aliphatic rings. The molecule has 25 heavy (non-hydrogen) atoms. The topological polar surface area (TPSA) is 138 Å². The third kappa shape index (κ3) is 2.90. The fourth-order valence-corrected chi connectivity index (χ4v) is 3.16. The molecule has 2 aromatic rings. The predicted octanol–water partition coefficient (Wildman–Crippen LogP) is 0.345. The third-order valence-corrected chi connectivity index (χ3v) is 4.37. The van der Waals surface area contributed by atoms with Crippen LogP contribution in [0.5, 0.6) is 0 Å². The summed E-state index contributed by atoms with van der Waals surface area (Å²) in [6, 6.07) is 10.9. The van der Waals surface area contributed by atoms with Crippen molar-refractivity contribution in [1.82, 2.24) is 9.55 Å². The Morgan fingerprint density at radius 1 is 1.28 bits per heavy atom. The zero-order chi connectivity index (χ0) is 18.1. The second-order valence-electron chi connectivity index (χ2n) is 5.58. The lowest BCUT2D eigenvalue weighted by Gasteiger charge is -2.23. The van der Waals surface area contributed by atoms with Crippen molar-refractivity contribution in [3.63, 3.8) is 0 Å². The van der Waals surface area contributed by atoms with Gasteiger partial charge in [0.15, 0.2) is 6.23 Å². The first kappa shape index (κ1) is 17.5. The van der Waals surface area contributed by atoms with E-state index in [9.17, 15) is 20.6 Å². The summed E-state index contributed by atoms with van der Waals surface area (Å²) < 4.78 is 6.90. The van der Waals surface area contributed by atoms with Crippen LogP contribution in [0.25, 0.3) is 11.3 Å². The smallest absolute Gasteiger partial charge is 0.204 e. The van der Waals surface area contributed by atoms with Gasteiger partial charge in [-0.25, -0.2) is 4.98 Å². The van der Waals surface area contributed by atoms with Crippen LogP contribution in [-0.2, 0) is 4.74 Å². The summed E-state index contributed by atoms with van der Waals surface area (Å²) in [7, 11) is 0. The highest BCUT2D eigenvalue weighted by Crippen LogP contribution is 2.35. The molecule has 0 aliphatic carbocycles. The summed E-state index contributed by atoms with van der Waals surface area (Å²) in [4.78, 5) is 3.98. The highest BCUT2D eigenvalue weighted by Gasteiger charge is 2.44. The maximum atomic E-state index is 10.3. The van der Waals surface area contributed by atoms with Crippen molar-refractivity contribution in [2.75, 3.05) is 12.3 Å². The van der Waals surface area contributed by atoms with E-state index in [0.29, 0.717) is 11.3 Å². The minimum absolute atomic E-state index is 0.00908. The van der Waals surface area contributed by atoms with Gasteiger partial charge in [-0.05, 0) is 17.8 Å². The number of nitrogens with zero attached hydrogens (tertiary/aromatic N) is 3. The van der Waals surface area contributed by atoms with Crippen molar-refractivity contribution >= 4 is 18.0 Å². The monoisotopic (exact) mass is 360 g/mol. The first-order valence-electron chi connectivity index (χ1n) is 7.49. The molecule has 1 fully saturated rings. The largest absolute Gasteiger partial charge is 0.394 e. The standard InChI is InChI=1S/C16H16N4O4S/c17-6-9-11(8-4-2-1-3-5-8)20(16(25)19-14(9)18)15-13(23)12(22)10(7-21)24-15/h1-5,10,12-13,15,21-23H,7H2,(H2,18,19,25)/t10-,12-,13-,15-/m1/s1. The SMILES string of the molecule is N#Cc1c(N)nc(=S)n([C@@H]2O[C@H](CO)[C@@H](O)[C@H]2O)c1-c1ccccc1. The van der Waals surface area contributed by atoms with Gasteiger partial charge in [-0.3, -0.25) is 4.57 Å². The summed E-state index contributed by atoms with van der Waals surface area (Å²) >= 11 is 5.26. The molecule has 4 atom stereocenters. The zero-order valence-corrected chi connectivity index (χ0v) is 13.8. The molecule has 130 valence electrons. The number of nitriles is 1. The molecule has 1 aromatic heterocycles. The van der Waals surface area contributed by atoms with E-state index in [1.54, 1.807) is 24.3 Å². The number of nitrogen functional groups attached to an aromatic ring is 1. The normalized spacial score (nSPS) is 25.7. The van der Waals surface area contributed by atoms with E-state index in [-0.39, 0.29) is 16.2 Å². The summed E-state index contributed by atoms with van der Waals surface area (Å²) in [5, 5.41) is 39.2. The molecule has 0 amide bonds. The van der Waals surface area contributed by atoms with Gasteiger partial charge in [0.05, 0.1) is 12.3 Å². The fraction of sp³-hybridized carbons (Fsp3) is 0.312. The Morgan fingerprint density at radius 2 is 1.96 bits per heavy atom. The molecule has 1 aromatic carbocycles. The predicted molar refractivity (Wildman–Crippen MR) is 90.6 cm³/mol. The molecule has 0 saturated carbocycles. The zero-order valence-electron chi connectivity index (χ0n) is 13.0. The highest BCUT2D eigenvalue weighted by molar-refractivity contribution is 7.71. The van der Waals surface area contributed by atoms with E-state index in [2.05, 4.69) is 4.98 Å². The van der Waals surface area contributed by atoms with Crippen molar-refractivity contribution in [2.45, 2.75) is 24.5 Å². The lowest BCUT2D eigenvalue weighted by atomic mass is 10.1. The van der Waals surface area contributed by atoms with Crippen molar-refractivity contribution in [3.8, 4) is 17.3 Å². The van der Waals surface area contributed by atoms with Crippen molar-refractivity contribution in [2.24, 2.45) is 0 Å². The van der Waals surface area contributed by atoms with E-state index in [1.807, 2.05) is 12.1 Å². The van der Waals surface area contributed by atoms with Crippen molar-refractivity contribution in [3.05, 3.63) is 40.7 Å². The summed E-state index contributed by atoms with van der Waals surface area (Å²) in [5.74, 6) is -0.0330. The third-order valence-electron chi connectivity index (χ3n) is 4.09. The molecule has 1 aliphatic heterocycles. The van der Waals surface area contributed by atoms with Gasteiger partial charge in [-0.1, -0.05) is 30.3 Å². The van der Waals surface area contributed by atoms with Crippen LogP contribution >= 0.6 is 12.2 Å².